The van der Waals surface area contributed by atoms with Gasteiger partial charge in [-0.1, -0.05) is 26.0 Å². The molecule has 3 rings (SSSR count). The molecular formula is C19H22FN3O2S. The Morgan fingerprint density at radius 3 is 2.77 bits per heavy atom. The van der Waals surface area contributed by atoms with Crippen molar-refractivity contribution in [3.63, 3.8) is 0 Å². The second-order valence-electron chi connectivity index (χ2n) is 6.65. The summed E-state index contributed by atoms with van der Waals surface area (Å²) in [7, 11) is 0. The Bertz CT molecular complexity index is 805. The first-order valence-corrected chi connectivity index (χ1v) is 9.51. The van der Waals surface area contributed by atoms with E-state index >= 15 is 0 Å². The highest BCUT2D eigenvalue weighted by molar-refractivity contribution is 7.12. The topological polar surface area (TPSA) is 70.2 Å². The number of carbonyl (C=O) groups excluding carboxylic acids is 2. The molecule has 0 radical (unpaired) electrons. The van der Waals surface area contributed by atoms with Crippen LogP contribution in [0.3, 0.4) is 0 Å². The third-order valence-corrected chi connectivity index (χ3v) is 5.31. The number of benzene rings is 1. The molecule has 1 atom stereocenters. The zero-order valence-corrected chi connectivity index (χ0v) is 15.6. The molecule has 7 heteroatoms. The second-order valence-corrected chi connectivity index (χ2v) is 7.60. The minimum absolute atomic E-state index is 0.135. The number of rotatable bonds is 5. The van der Waals surface area contributed by atoms with Gasteiger partial charge in [0.1, 0.15) is 11.9 Å². The van der Waals surface area contributed by atoms with Gasteiger partial charge in [-0.2, -0.15) is 0 Å². The molecule has 0 aliphatic carbocycles. The van der Waals surface area contributed by atoms with Crippen molar-refractivity contribution < 1.29 is 14.0 Å². The molecule has 0 bridgehead atoms. The van der Waals surface area contributed by atoms with E-state index in [9.17, 15) is 14.0 Å². The van der Waals surface area contributed by atoms with Crippen molar-refractivity contribution in [2.75, 3.05) is 11.9 Å². The van der Waals surface area contributed by atoms with Gasteiger partial charge in [0, 0.05) is 6.54 Å². The SMILES string of the molecule is CC(C)C(NC(=O)c1cccs1)C(=O)Nc1ccc2c(c1F)CCNC2. The van der Waals surface area contributed by atoms with Crippen molar-refractivity contribution >= 4 is 28.8 Å². The van der Waals surface area contributed by atoms with E-state index in [2.05, 4.69) is 16.0 Å². The minimum atomic E-state index is -0.748. The molecule has 2 heterocycles. The average molecular weight is 375 g/mol. The molecule has 2 amide bonds. The number of hydrogen-bond acceptors (Lipinski definition) is 4. The van der Waals surface area contributed by atoms with E-state index in [1.165, 1.54) is 11.3 Å². The van der Waals surface area contributed by atoms with Crippen molar-refractivity contribution in [1.82, 2.24) is 10.6 Å². The number of halogens is 1. The second kappa shape index (κ2) is 7.97. The lowest BCUT2D eigenvalue weighted by Gasteiger charge is -2.23. The van der Waals surface area contributed by atoms with Crippen LogP contribution in [0, 0.1) is 11.7 Å². The fourth-order valence-corrected chi connectivity index (χ4v) is 3.62. The van der Waals surface area contributed by atoms with Gasteiger partial charge in [-0.25, -0.2) is 4.39 Å². The van der Waals surface area contributed by atoms with Crippen LogP contribution in [-0.2, 0) is 17.8 Å². The Labute approximate surface area is 156 Å². The van der Waals surface area contributed by atoms with Crippen LogP contribution in [0.15, 0.2) is 29.6 Å². The first kappa shape index (κ1) is 18.5. The molecule has 0 saturated carbocycles. The molecule has 138 valence electrons. The van der Waals surface area contributed by atoms with Gasteiger partial charge in [-0.3, -0.25) is 9.59 Å². The maximum Gasteiger partial charge on any atom is 0.262 e. The van der Waals surface area contributed by atoms with Crippen molar-refractivity contribution in [3.05, 3.63) is 51.5 Å². The predicted molar refractivity (Wildman–Crippen MR) is 101 cm³/mol. The Morgan fingerprint density at radius 2 is 2.08 bits per heavy atom. The van der Waals surface area contributed by atoms with E-state index in [-0.39, 0.29) is 23.3 Å². The Kier molecular flexibility index (Phi) is 5.68. The molecule has 5 nitrogen and oxygen atoms in total. The van der Waals surface area contributed by atoms with Crippen LogP contribution in [0.1, 0.15) is 34.6 Å². The summed E-state index contributed by atoms with van der Waals surface area (Å²) >= 11 is 1.31. The van der Waals surface area contributed by atoms with E-state index in [4.69, 9.17) is 0 Å². The molecule has 1 aromatic carbocycles. The summed E-state index contributed by atoms with van der Waals surface area (Å²) in [4.78, 5) is 25.5. The van der Waals surface area contributed by atoms with Crippen molar-refractivity contribution in [2.24, 2.45) is 5.92 Å². The monoisotopic (exact) mass is 375 g/mol. The lowest BCUT2D eigenvalue weighted by atomic mass is 9.99. The lowest BCUT2D eigenvalue weighted by Crippen LogP contribution is -2.47. The smallest absolute Gasteiger partial charge is 0.262 e. The fraction of sp³-hybridized carbons (Fsp3) is 0.368. The van der Waals surface area contributed by atoms with Gasteiger partial charge in [0.25, 0.3) is 5.91 Å². The van der Waals surface area contributed by atoms with E-state index < -0.39 is 11.9 Å². The standard InChI is InChI=1S/C19H22FN3O2S/c1-11(2)17(23-18(24)15-4-3-9-26-15)19(25)22-14-6-5-12-10-21-8-7-13(12)16(14)20/h3-6,9,11,17,21H,7-8,10H2,1-2H3,(H,22,25)(H,23,24). The van der Waals surface area contributed by atoms with Gasteiger partial charge in [-0.15, -0.1) is 11.3 Å². The number of nitrogens with one attached hydrogen (secondary N) is 3. The zero-order valence-electron chi connectivity index (χ0n) is 14.8. The predicted octanol–water partition coefficient (Wildman–Crippen LogP) is 2.93. The number of amides is 2. The van der Waals surface area contributed by atoms with Gasteiger partial charge in [0.2, 0.25) is 5.91 Å². The van der Waals surface area contributed by atoms with Crippen LogP contribution in [0.5, 0.6) is 0 Å². The highest BCUT2D eigenvalue weighted by Gasteiger charge is 2.26. The molecule has 0 fully saturated rings. The summed E-state index contributed by atoms with van der Waals surface area (Å²) in [6, 6.07) is 6.14. The number of anilines is 1. The lowest BCUT2D eigenvalue weighted by molar-refractivity contribution is -0.118. The summed E-state index contributed by atoms with van der Waals surface area (Å²) in [6.45, 7) is 5.03. The molecule has 26 heavy (non-hydrogen) atoms. The summed E-state index contributed by atoms with van der Waals surface area (Å²) < 4.78 is 14.7. The maximum absolute atomic E-state index is 14.7. The molecule has 1 aliphatic rings. The van der Waals surface area contributed by atoms with E-state index in [1.54, 1.807) is 23.6 Å². The largest absolute Gasteiger partial charge is 0.339 e. The van der Waals surface area contributed by atoms with Gasteiger partial charge in [0.15, 0.2) is 0 Å². The van der Waals surface area contributed by atoms with Crippen LogP contribution >= 0.6 is 11.3 Å². The summed E-state index contributed by atoms with van der Waals surface area (Å²) in [5, 5.41) is 10.4. The van der Waals surface area contributed by atoms with Gasteiger partial charge < -0.3 is 16.0 Å². The highest BCUT2D eigenvalue weighted by atomic mass is 32.1. The van der Waals surface area contributed by atoms with E-state index in [0.717, 1.165) is 5.56 Å². The normalized spacial score (nSPS) is 14.6. The maximum atomic E-state index is 14.7. The highest BCUT2D eigenvalue weighted by Crippen LogP contribution is 2.25. The number of fused-ring (bicyclic) bond motifs is 1. The zero-order chi connectivity index (χ0) is 18.7. The van der Waals surface area contributed by atoms with Crippen LogP contribution in [0.2, 0.25) is 0 Å². The molecule has 0 spiro atoms. The average Bonchev–Trinajstić information content (AvgIpc) is 3.16. The fourth-order valence-electron chi connectivity index (χ4n) is 3.00. The molecule has 1 aromatic heterocycles. The third-order valence-electron chi connectivity index (χ3n) is 4.45. The summed E-state index contributed by atoms with van der Waals surface area (Å²) in [5.74, 6) is -1.24. The molecule has 0 saturated heterocycles. The first-order valence-electron chi connectivity index (χ1n) is 8.63. The third kappa shape index (κ3) is 3.94. The number of carbonyl (C=O) groups is 2. The van der Waals surface area contributed by atoms with Crippen LogP contribution in [0.25, 0.3) is 0 Å². The molecule has 1 aliphatic heterocycles. The Morgan fingerprint density at radius 1 is 1.27 bits per heavy atom. The van der Waals surface area contributed by atoms with Gasteiger partial charge in [0.05, 0.1) is 10.6 Å². The van der Waals surface area contributed by atoms with E-state index in [1.807, 2.05) is 19.9 Å². The summed E-state index contributed by atoms with van der Waals surface area (Å²) in [5.41, 5.74) is 1.72. The molecule has 1 unspecified atom stereocenters. The Balaban J connectivity index is 1.75. The number of thiophene rings is 1. The molecule has 2 aromatic rings. The van der Waals surface area contributed by atoms with Crippen LogP contribution in [-0.4, -0.2) is 24.4 Å². The first-order chi connectivity index (χ1) is 12.5. The van der Waals surface area contributed by atoms with Crippen LogP contribution < -0.4 is 16.0 Å². The van der Waals surface area contributed by atoms with E-state index in [0.29, 0.717) is 30.0 Å². The number of hydrogen-bond donors (Lipinski definition) is 3. The van der Waals surface area contributed by atoms with Crippen molar-refractivity contribution in [1.29, 1.82) is 0 Å². The van der Waals surface area contributed by atoms with Gasteiger partial charge >= 0.3 is 0 Å². The minimum Gasteiger partial charge on any atom is -0.339 e. The molecule has 3 N–H and O–H groups in total. The van der Waals surface area contributed by atoms with Crippen molar-refractivity contribution in [3.8, 4) is 0 Å². The Hall–Kier alpha value is -2.25. The quantitative estimate of drug-likeness (QED) is 0.753. The summed E-state index contributed by atoms with van der Waals surface area (Å²) in [6.07, 6.45) is 0.591. The van der Waals surface area contributed by atoms with Crippen LogP contribution in [0.4, 0.5) is 10.1 Å². The van der Waals surface area contributed by atoms with Gasteiger partial charge in [-0.05, 0) is 47.5 Å². The van der Waals surface area contributed by atoms with Crippen molar-refractivity contribution in [2.45, 2.75) is 32.9 Å². The molecular weight excluding hydrogens is 353 g/mol.